The first-order valence-corrected chi connectivity index (χ1v) is 8.46. The standard InChI is InChI=1S/C18H17ClN4O2/c19-12-4-5-17(24)16(10-12)22-6-8-23(9-7-22)18(25)13-2-1-3-15-14(13)11-20-21-15/h1-5,10-11,24H,6-9H2,(H,20,21). The molecule has 1 aromatic heterocycles. The summed E-state index contributed by atoms with van der Waals surface area (Å²) in [6, 6.07) is 10.6. The van der Waals surface area contributed by atoms with Crippen molar-refractivity contribution >= 4 is 34.1 Å². The van der Waals surface area contributed by atoms with E-state index in [-0.39, 0.29) is 11.7 Å². The number of piperazine rings is 1. The van der Waals surface area contributed by atoms with Crippen LogP contribution in [-0.4, -0.2) is 52.3 Å². The van der Waals surface area contributed by atoms with Crippen molar-refractivity contribution < 1.29 is 9.90 Å². The molecule has 2 heterocycles. The number of amides is 1. The summed E-state index contributed by atoms with van der Waals surface area (Å²) in [6.07, 6.45) is 1.68. The molecule has 0 unspecified atom stereocenters. The van der Waals surface area contributed by atoms with Gasteiger partial charge in [-0.25, -0.2) is 0 Å². The molecule has 3 aromatic rings. The summed E-state index contributed by atoms with van der Waals surface area (Å²) in [5.74, 6) is 0.203. The molecule has 1 fully saturated rings. The van der Waals surface area contributed by atoms with E-state index in [1.165, 1.54) is 0 Å². The number of aromatic hydroxyl groups is 1. The van der Waals surface area contributed by atoms with E-state index in [0.29, 0.717) is 42.5 Å². The second-order valence-corrected chi connectivity index (χ2v) is 6.49. The van der Waals surface area contributed by atoms with E-state index in [0.717, 1.165) is 10.9 Å². The van der Waals surface area contributed by atoms with Crippen LogP contribution in [0.1, 0.15) is 10.4 Å². The van der Waals surface area contributed by atoms with Gasteiger partial charge in [0.25, 0.3) is 5.91 Å². The van der Waals surface area contributed by atoms with E-state index in [4.69, 9.17) is 11.6 Å². The van der Waals surface area contributed by atoms with E-state index in [1.807, 2.05) is 28.0 Å². The first-order chi connectivity index (χ1) is 12.1. The molecule has 1 aliphatic rings. The molecule has 1 amide bonds. The van der Waals surface area contributed by atoms with Crippen molar-refractivity contribution in [3.05, 3.63) is 53.2 Å². The number of carbonyl (C=O) groups excluding carboxylic acids is 1. The van der Waals surface area contributed by atoms with Crippen molar-refractivity contribution in [1.29, 1.82) is 0 Å². The third-order valence-corrected chi connectivity index (χ3v) is 4.80. The zero-order valence-electron chi connectivity index (χ0n) is 13.4. The Morgan fingerprint density at radius 2 is 1.96 bits per heavy atom. The number of fused-ring (bicyclic) bond motifs is 1. The number of phenolic OH excluding ortho intramolecular Hbond substituents is 1. The van der Waals surface area contributed by atoms with Crippen LogP contribution in [-0.2, 0) is 0 Å². The summed E-state index contributed by atoms with van der Waals surface area (Å²) in [5, 5.41) is 18.4. The third-order valence-electron chi connectivity index (χ3n) is 4.56. The number of aromatic nitrogens is 2. The zero-order chi connectivity index (χ0) is 17.4. The Kier molecular flexibility index (Phi) is 3.97. The maximum Gasteiger partial charge on any atom is 0.254 e. The molecular weight excluding hydrogens is 340 g/mol. The maximum absolute atomic E-state index is 12.9. The van der Waals surface area contributed by atoms with Crippen LogP contribution >= 0.6 is 11.6 Å². The minimum absolute atomic E-state index is 0.00182. The zero-order valence-corrected chi connectivity index (χ0v) is 14.2. The highest BCUT2D eigenvalue weighted by atomic mass is 35.5. The SMILES string of the molecule is O=C(c1cccc2[nH]ncc12)N1CCN(c2cc(Cl)ccc2O)CC1. The van der Waals surface area contributed by atoms with E-state index in [9.17, 15) is 9.90 Å². The molecule has 0 saturated carbocycles. The lowest BCUT2D eigenvalue weighted by atomic mass is 10.1. The monoisotopic (exact) mass is 356 g/mol. The molecule has 2 aromatic carbocycles. The maximum atomic E-state index is 12.9. The fourth-order valence-corrected chi connectivity index (χ4v) is 3.39. The van der Waals surface area contributed by atoms with Crippen LogP contribution in [0.2, 0.25) is 5.02 Å². The van der Waals surface area contributed by atoms with Gasteiger partial charge in [-0.3, -0.25) is 9.89 Å². The van der Waals surface area contributed by atoms with Crippen LogP contribution in [0.5, 0.6) is 5.75 Å². The lowest BCUT2D eigenvalue weighted by Gasteiger charge is -2.36. The predicted molar refractivity (Wildman–Crippen MR) is 97.3 cm³/mol. The van der Waals surface area contributed by atoms with Gasteiger partial charge in [0.15, 0.2) is 0 Å². The number of anilines is 1. The van der Waals surface area contributed by atoms with Crippen LogP contribution in [0, 0.1) is 0 Å². The molecule has 1 aliphatic heterocycles. The Bertz CT molecular complexity index is 932. The van der Waals surface area contributed by atoms with Crippen LogP contribution in [0.15, 0.2) is 42.6 Å². The Morgan fingerprint density at radius 3 is 2.76 bits per heavy atom. The molecule has 128 valence electrons. The molecule has 0 aliphatic carbocycles. The number of hydrogen-bond donors (Lipinski definition) is 2. The fraction of sp³-hybridized carbons (Fsp3) is 0.222. The van der Waals surface area contributed by atoms with Gasteiger partial charge in [-0.05, 0) is 30.3 Å². The Balaban J connectivity index is 1.51. The molecule has 7 heteroatoms. The summed E-state index contributed by atoms with van der Waals surface area (Å²) < 4.78 is 0. The van der Waals surface area contributed by atoms with Crippen LogP contribution in [0.4, 0.5) is 5.69 Å². The minimum Gasteiger partial charge on any atom is -0.506 e. The van der Waals surface area contributed by atoms with Crippen molar-refractivity contribution in [3.63, 3.8) is 0 Å². The average molecular weight is 357 g/mol. The number of rotatable bonds is 2. The van der Waals surface area contributed by atoms with Crippen LogP contribution in [0.3, 0.4) is 0 Å². The van der Waals surface area contributed by atoms with Crippen LogP contribution in [0.25, 0.3) is 10.9 Å². The Morgan fingerprint density at radius 1 is 1.16 bits per heavy atom. The van der Waals surface area contributed by atoms with Gasteiger partial charge in [0, 0.05) is 36.6 Å². The van der Waals surface area contributed by atoms with E-state index >= 15 is 0 Å². The average Bonchev–Trinajstić information content (AvgIpc) is 3.12. The highest BCUT2D eigenvalue weighted by Gasteiger charge is 2.24. The largest absolute Gasteiger partial charge is 0.506 e. The third kappa shape index (κ3) is 2.89. The number of carbonyl (C=O) groups is 1. The van der Waals surface area contributed by atoms with E-state index in [2.05, 4.69) is 10.2 Å². The highest BCUT2D eigenvalue weighted by Crippen LogP contribution is 2.31. The first-order valence-electron chi connectivity index (χ1n) is 8.08. The molecule has 0 spiro atoms. The Hall–Kier alpha value is -2.73. The molecular formula is C18H17ClN4O2. The smallest absolute Gasteiger partial charge is 0.254 e. The van der Waals surface area contributed by atoms with Gasteiger partial charge < -0.3 is 14.9 Å². The van der Waals surface area contributed by atoms with Gasteiger partial charge >= 0.3 is 0 Å². The van der Waals surface area contributed by atoms with E-state index < -0.39 is 0 Å². The molecule has 6 nitrogen and oxygen atoms in total. The molecule has 1 saturated heterocycles. The number of nitrogens with one attached hydrogen (secondary N) is 1. The van der Waals surface area contributed by atoms with Gasteiger partial charge in [0.05, 0.1) is 23.0 Å². The van der Waals surface area contributed by atoms with Gasteiger partial charge in [0.2, 0.25) is 0 Å². The molecule has 25 heavy (non-hydrogen) atoms. The lowest BCUT2D eigenvalue weighted by Crippen LogP contribution is -2.48. The lowest BCUT2D eigenvalue weighted by molar-refractivity contribution is 0.0748. The minimum atomic E-state index is 0.00182. The van der Waals surface area contributed by atoms with Gasteiger partial charge in [-0.2, -0.15) is 5.10 Å². The number of aromatic amines is 1. The topological polar surface area (TPSA) is 72.5 Å². The fourth-order valence-electron chi connectivity index (χ4n) is 3.23. The molecule has 4 rings (SSSR count). The van der Waals surface area contributed by atoms with Gasteiger partial charge in [0.1, 0.15) is 5.75 Å². The highest BCUT2D eigenvalue weighted by molar-refractivity contribution is 6.30. The second-order valence-electron chi connectivity index (χ2n) is 6.05. The summed E-state index contributed by atoms with van der Waals surface area (Å²) in [6.45, 7) is 2.44. The van der Waals surface area contributed by atoms with Crippen molar-refractivity contribution in [1.82, 2.24) is 15.1 Å². The summed E-state index contributed by atoms with van der Waals surface area (Å²) in [4.78, 5) is 16.7. The normalized spacial score (nSPS) is 14.9. The van der Waals surface area contributed by atoms with Crippen molar-refractivity contribution in [2.45, 2.75) is 0 Å². The molecule has 0 radical (unpaired) electrons. The summed E-state index contributed by atoms with van der Waals surface area (Å²) in [7, 11) is 0. The molecule has 0 bridgehead atoms. The number of halogens is 1. The number of benzene rings is 2. The van der Waals surface area contributed by atoms with Gasteiger partial charge in [-0.15, -0.1) is 0 Å². The van der Waals surface area contributed by atoms with Gasteiger partial charge in [-0.1, -0.05) is 17.7 Å². The Labute approximate surface area is 149 Å². The summed E-state index contributed by atoms with van der Waals surface area (Å²) in [5.41, 5.74) is 2.22. The first kappa shape index (κ1) is 15.8. The summed E-state index contributed by atoms with van der Waals surface area (Å²) >= 11 is 6.03. The number of nitrogens with zero attached hydrogens (tertiary/aromatic N) is 3. The predicted octanol–water partition coefficient (Wildman–Crippen LogP) is 2.88. The quantitative estimate of drug-likeness (QED) is 0.740. The van der Waals surface area contributed by atoms with E-state index in [1.54, 1.807) is 24.4 Å². The molecule has 2 N–H and O–H groups in total. The van der Waals surface area contributed by atoms with Crippen LogP contribution < -0.4 is 4.90 Å². The van der Waals surface area contributed by atoms with Crippen molar-refractivity contribution in [3.8, 4) is 5.75 Å². The number of phenols is 1. The number of H-pyrrole nitrogens is 1. The number of hydrogen-bond acceptors (Lipinski definition) is 4. The molecule has 0 atom stereocenters. The van der Waals surface area contributed by atoms with Crippen molar-refractivity contribution in [2.75, 3.05) is 31.1 Å². The second kappa shape index (κ2) is 6.29. The van der Waals surface area contributed by atoms with Crippen molar-refractivity contribution in [2.24, 2.45) is 0 Å².